The van der Waals surface area contributed by atoms with Crippen LogP contribution in [0.25, 0.3) is 0 Å². The zero-order valence-electron chi connectivity index (χ0n) is 9.13. The lowest BCUT2D eigenvalue weighted by Crippen LogP contribution is -2.36. The summed E-state index contributed by atoms with van der Waals surface area (Å²) in [6, 6.07) is 7.70. The minimum Gasteiger partial charge on any atom is -0.487 e. The summed E-state index contributed by atoms with van der Waals surface area (Å²) in [5, 5.41) is 10.1. The lowest BCUT2D eigenvalue weighted by molar-refractivity contribution is -0.0271. The van der Waals surface area contributed by atoms with Crippen LogP contribution in [0.15, 0.2) is 24.3 Å². The highest BCUT2D eigenvalue weighted by atomic mass is 16.5. The highest BCUT2D eigenvalue weighted by Gasteiger charge is 2.34. The Morgan fingerprint density at radius 3 is 2.88 bits per heavy atom. The Bertz CT molecular complexity index is 371. The molecular formula is C13H16O3. The van der Waals surface area contributed by atoms with Gasteiger partial charge >= 0.3 is 0 Å². The molecule has 0 spiro atoms. The molecular weight excluding hydrogens is 204 g/mol. The Morgan fingerprint density at radius 1 is 1.19 bits per heavy atom. The van der Waals surface area contributed by atoms with Crippen LogP contribution in [0.1, 0.15) is 30.9 Å². The fourth-order valence-corrected chi connectivity index (χ4v) is 2.54. The summed E-state index contributed by atoms with van der Waals surface area (Å²) >= 11 is 0. The van der Waals surface area contributed by atoms with Gasteiger partial charge in [-0.05, 0) is 18.9 Å². The molecule has 1 N–H and O–H groups in total. The maximum atomic E-state index is 10.1. The van der Waals surface area contributed by atoms with Crippen molar-refractivity contribution in [3.8, 4) is 5.75 Å². The van der Waals surface area contributed by atoms with Gasteiger partial charge in [0.25, 0.3) is 0 Å². The van der Waals surface area contributed by atoms with Gasteiger partial charge in [-0.2, -0.15) is 0 Å². The van der Waals surface area contributed by atoms with E-state index in [0.29, 0.717) is 6.42 Å². The predicted molar refractivity (Wildman–Crippen MR) is 59.4 cm³/mol. The molecule has 3 unspecified atom stereocenters. The number of ether oxygens (including phenoxy) is 2. The molecule has 86 valence electrons. The predicted octanol–water partition coefficient (Wildman–Crippen LogP) is 2.05. The van der Waals surface area contributed by atoms with E-state index >= 15 is 0 Å². The first-order valence-electron chi connectivity index (χ1n) is 5.90. The molecule has 1 fully saturated rings. The third-order valence-corrected chi connectivity index (χ3v) is 3.39. The SMILES string of the molecule is OC1CC(C2CCCO2)Oc2ccccc21. The molecule has 3 rings (SSSR count). The lowest BCUT2D eigenvalue weighted by atomic mass is 9.95. The molecule has 0 aliphatic carbocycles. The summed E-state index contributed by atoms with van der Waals surface area (Å²) in [6.45, 7) is 0.822. The molecule has 2 heterocycles. The van der Waals surface area contributed by atoms with E-state index in [9.17, 15) is 5.11 Å². The summed E-state index contributed by atoms with van der Waals surface area (Å²) in [4.78, 5) is 0. The molecule has 1 aromatic rings. The molecule has 16 heavy (non-hydrogen) atoms. The zero-order chi connectivity index (χ0) is 11.0. The van der Waals surface area contributed by atoms with Gasteiger partial charge in [0.05, 0.1) is 12.2 Å². The van der Waals surface area contributed by atoms with Gasteiger partial charge in [-0.3, -0.25) is 0 Å². The summed E-state index contributed by atoms with van der Waals surface area (Å²) in [6.07, 6.45) is 2.53. The van der Waals surface area contributed by atoms with E-state index in [4.69, 9.17) is 9.47 Å². The highest BCUT2D eigenvalue weighted by Crippen LogP contribution is 2.37. The maximum absolute atomic E-state index is 10.1. The van der Waals surface area contributed by atoms with Crippen molar-refractivity contribution in [1.82, 2.24) is 0 Å². The standard InChI is InChI=1S/C13H16O3/c14-10-8-13(12-6-3-7-15-12)16-11-5-2-1-4-9(10)11/h1-2,4-5,10,12-14H,3,6-8H2. The molecule has 3 atom stereocenters. The van der Waals surface area contributed by atoms with Crippen molar-refractivity contribution in [2.75, 3.05) is 6.61 Å². The molecule has 0 saturated carbocycles. The average Bonchev–Trinajstić information content (AvgIpc) is 2.82. The normalized spacial score (nSPS) is 33.2. The Hall–Kier alpha value is -1.06. The van der Waals surface area contributed by atoms with E-state index in [1.54, 1.807) is 0 Å². The molecule has 1 saturated heterocycles. The summed E-state index contributed by atoms with van der Waals surface area (Å²) in [5.41, 5.74) is 0.900. The Morgan fingerprint density at radius 2 is 2.06 bits per heavy atom. The molecule has 2 aliphatic heterocycles. The summed E-state index contributed by atoms with van der Waals surface area (Å²) in [7, 11) is 0. The minimum atomic E-state index is -0.417. The number of rotatable bonds is 1. The van der Waals surface area contributed by atoms with E-state index in [1.165, 1.54) is 0 Å². The molecule has 0 aromatic heterocycles. The lowest BCUT2D eigenvalue weighted by Gasteiger charge is -2.32. The fraction of sp³-hybridized carbons (Fsp3) is 0.538. The van der Waals surface area contributed by atoms with Crippen LogP contribution in [0, 0.1) is 0 Å². The Labute approximate surface area is 95.0 Å². The number of hydrogen-bond acceptors (Lipinski definition) is 3. The van der Waals surface area contributed by atoms with Crippen molar-refractivity contribution in [1.29, 1.82) is 0 Å². The van der Waals surface area contributed by atoms with Crippen LogP contribution in [-0.2, 0) is 4.74 Å². The topological polar surface area (TPSA) is 38.7 Å². The molecule has 0 bridgehead atoms. The van der Waals surface area contributed by atoms with Gasteiger partial charge in [-0.25, -0.2) is 0 Å². The largest absolute Gasteiger partial charge is 0.487 e. The third-order valence-electron chi connectivity index (χ3n) is 3.39. The number of fused-ring (bicyclic) bond motifs is 1. The van der Waals surface area contributed by atoms with Gasteiger partial charge in [0.15, 0.2) is 0 Å². The molecule has 1 aromatic carbocycles. The van der Waals surface area contributed by atoms with Crippen LogP contribution in [-0.4, -0.2) is 23.9 Å². The van der Waals surface area contributed by atoms with Crippen LogP contribution in [0.5, 0.6) is 5.75 Å². The van der Waals surface area contributed by atoms with Gasteiger partial charge in [0.2, 0.25) is 0 Å². The quantitative estimate of drug-likeness (QED) is 0.787. The number of para-hydroxylation sites is 1. The van der Waals surface area contributed by atoms with E-state index in [0.717, 1.165) is 30.8 Å². The van der Waals surface area contributed by atoms with Crippen molar-refractivity contribution in [3.63, 3.8) is 0 Å². The van der Waals surface area contributed by atoms with Crippen molar-refractivity contribution in [2.45, 2.75) is 37.6 Å². The van der Waals surface area contributed by atoms with Crippen molar-refractivity contribution in [2.24, 2.45) is 0 Å². The van der Waals surface area contributed by atoms with Crippen LogP contribution < -0.4 is 4.74 Å². The zero-order valence-corrected chi connectivity index (χ0v) is 9.13. The van der Waals surface area contributed by atoms with E-state index < -0.39 is 6.10 Å². The van der Waals surface area contributed by atoms with Crippen molar-refractivity contribution >= 4 is 0 Å². The van der Waals surface area contributed by atoms with Gasteiger partial charge in [-0.1, -0.05) is 18.2 Å². The first-order chi connectivity index (χ1) is 7.84. The molecule has 0 amide bonds. The monoisotopic (exact) mass is 220 g/mol. The second-order valence-corrected chi connectivity index (χ2v) is 4.50. The number of aliphatic hydroxyl groups excluding tert-OH is 1. The van der Waals surface area contributed by atoms with Crippen molar-refractivity contribution < 1.29 is 14.6 Å². The number of aliphatic hydroxyl groups is 1. The molecule has 2 aliphatic rings. The number of hydrogen-bond donors (Lipinski definition) is 1. The fourth-order valence-electron chi connectivity index (χ4n) is 2.54. The smallest absolute Gasteiger partial charge is 0.128 e. The van der Waals surface area contributed by atoms with Gasteiger partial charge < -0.3 is 14.6 Å². The van der Waals surface area contributed by atoms with Crippen LogP contribution in [0.3, 0.4) is 0 Å². The maximum Gasteiger partial charge on any atom is 0.128 e. The van der Waals surface area contributed by atoms with E-state index in [1.807, 2.05) is 24.3 Å². The highest BCUT2D eigenvalue weighted by molar-refractivity contribution is 5.37. The van der Waals surface area contributed by atoms with Gasteiger partial charge in [0, 0.05) is 18.6 Å². The Balaban J connectivity index is 1.83. The second kappa shape index (κ2) is 4.07. The minimum absolute atomic E-state index is 0.00685. The second-order valence-electron chi connectivity index (χ2n) is 4.50. The first kappa shape index (κ1) is 10.1. The molecule has 0 radical (unpaired) electrons. The van der Waals surface area contributed by atoms with Gasteiger partial charge in [0.1, 0.15) is 11.9 Å². The van der Waals surface area contributed by atoms with E-state index in [2.05, 4.69) is 0 Å². The van der Waals surface area contributed by atoms with Crippen molar-refractivity contribution in [3.05, 3.63) is 29.8 Å². The van der Waals surface area contributed by atoms with E-state index in [-0.39, 0.29) is 12.2 Å². The first-order valence-corrected chi connectivity index (χ1v) is 5.90. The Kier molecular flexibility index (Phi) is 2.58. The summed E-state index contributed by atoms with van der Waals surface area (Å²) < 4.78 is 11.5. The third kappa shape index (κ3) is 1.70. The average molecular weight is 220 g/mol. The van der Waals surface area contributed by atoms with Gasteiger partial charge in [-0.15, -0.1) is 0 Å². The van der Waals surface area contributed by atoms with Crippen LogP contribution in [0.4, 0.5) is 0 Å². The molecule has 3 heteroatoms. The summed E-state index contributed by atoms with van der Waals surface area (Å²) in [5.74, 6) is 0.807. The molecule has 3 nitrogen and oxygen atoms in total. The van der Waals surface area contributed by atoms with Crippen LogP contribution >= 0.6 is 0 Å². The number of benzene rings is 1. The van der Waals surface area contributed by atoms with Crippen LogP contribution in [0.2, 0.25) is 0 Å².